The maximum Gasteiger partial charge on any atom is 0.408 e. The molecule has 0 saturated heterocycles. The van der Waals surface area contributed by atoms with Gasteiger partial charge in [0, 0.05) is 24.7 Å². The molecule has 0 radical (unpaired) electrons. The molecule has 37 heavy (non-hydrogen) atoms. The van der Waals surface area contributed by atoms with Crippen LogP contribution in [0.15, 0.2) is 42.7 Å². The van der Waals surface area contributed by atoms with E-state index in [0.29, 0.717) is 28.1 Å². The van der Waals surface area contributed by atoms with Gasteiger partial charge in [-0.25, -0.2) is 4.79 Å². The molecule has 7 nitrogen and oxygen atoms in total. The third kappa shape index (κ3) is 6.77. The molecular formula is C24H26F6N4O3. The number of pyridine rings is 1. The lowest BCUT2D eigenvalue weighted by Gasteiger charge is -2.31. The quantitative estimate of drug-likeness (QED) is 0.345. The Balaban J connectivity index is 1.85. The number of carbonyl (C=O) groups excluding carboxylic acids is 1. The molecule has 2 amide bonds. The number of benzene rings is 1. The van der Waals surface area contributed by atoms with Crippen molar-refractivity contribution in [3.8, 4) is 22.8 Å². The standard InChI is InChI=1S/C24H26F6N4O3/c1-4-34(22(36)31-19(24(28,29)30)8-9-23(25,26)27)14(2)15-6-5-7-16(10-15)17-11-18(37-3)21-32-20(35)13-33(21)12-17/h5-7,10-14,19,35H,4,8-9H2,1-3H3,(H,31,36)/t14-,19?/m1/s1. The van der Waals surface area contributed by atoms with Crippen LogP contribution in [0, 0.1) is 0 Å². The number of nitrogens with zero attached hydrogens (tertiary/aromatic N) is 3. The number of hydrogen-bond donors (Lipinski definition) is 2. The predicted molar refractivity (Wildman–Crippen MR) is 123 cm³/mol. The topological polar surface area (TPSA) is 79.1 Å². The summed E-state index contributed by atoms with van der Waals surface area (Å²) in [5.74, 6) is 0.192. The second-order valence-electron chi connectivity index (χ2n) is 8.41. The lowest BCUT2D eigenvalue weighted by atomic mass is 10.00. The second-order valence-corrected chi connectivity index (χ2v) is 8.41. The lowest BCUT2D eigenvalue weighted by molar-refractivity contribution is -0.171. The van der Waals surface area contributed by atoms with Crippen molar-refractivity contribution in [1.29, 1.82) is 0 Å². The van der Waals surface area contributed by atoms with Crippen LogP contribution >= 0.6 is 0 Å². The number of methoxy groups -OCH3 is 1. The average molecular weight is 532 g/mol. The summed E-state index contributed by atoms with van der Waals surface area (Å²) in [5, 5.41) is 11.5. The molecule has 0 spiro atoms. The van der Waals surface area contributed by atoms with E-state index in [4.69, 9.17) is 4.74 Å². The van der Waals surface area contributed by atoms with Gasteiger partial charge in [-0.15, -0.1) is 0 Å². The summed E-state index contributed by atoms with van der Waals surface area (Å²) in [7, 11) is 1.45. The second kappa shape index (κ2) is 10.8. The van der Waals surface area contributed by atoms with Crippen LogP contribution in [-0.4, -0.2) is 57.5 Å². The van der Waals surface area contributed by atoms with Crippen LogP contribution in [-0.2, 0) is 0 Å². The Morgan fingerprint density at radius 2 is 1.86 bits per heavy atom. The highest BCUT2D eigenvalue weighted by molar-refractivity contribution is 5.75. The van der Waals surface area contributed by atoms with E-state index in [1.165, 1.54) is 13.3 Å². The van der Waals surface area contributed by atoms with Crippen molar-refractivity contribution in [1.82, 2.24) is 19.6 Å². The summed E-state index contributed by atoms with van der Waals surface area (Å²) in [6.07, 6.45) is -9.71. The Morgan fingerprint density at radius 1 is 1.16 bits per heavy atom. The van der Waals surface area contributed by atoms with Crippen LogP contribution in [0.4, 0.5) is 31.1 Å². The zero-order valence-corrected chi connectivity index (χ0v) is 20.2. The zero-order valence-electron chi connectivity index (χ0n) is 20.2. The summed E-state index contributed by atoms with van der Waals surface area (Å²) in [5.41, 5.74) is 2.34. The average Bonchev–Trinajstić information content (AvgIpc) is 3.20. The SMILES string of the molecule is CCN(C(=O)NC(CCC(F)(F)F)C(F)(F)F)[C@H](C)c1cccc(-c2cc(OC)c3nc(O)cn3c2)c1. The van der Waals surface area contributed by atoms with Crippen molar-refractivity contribution in [3.05, 3.63) is 48.3 Å². The van der Waals surface area contributed by atoms with E-state index in [9.17, 15) is 36.2 Å². The van der Waals surface area contributed by atoms with E-state index < -0.39 is 43.3 Å². The number of fused-ring (bicyclic) bond motifs is 1. The first-order chi connectivity index (χ1) is 17.2. The normalized spacial score (nSPS) is 13.9. The van der Waals surface area contributed by atoms with E-state index in [1.807, 2.05) is 0 Å². The number of ether oxygens (including phenoxy) is 1. The molecule has 0 fully saturated rings. The number of alkyl halides is 6. The molecule has 2 heterocycles. The van der Waals surface area contributed by atoms with Gasteiger partial charge in [0.1, 0.15) is 6.04 Å². The molecular weight excluding hydrogens is 506 g/mol. The van der Waals surface area contributed by atoms with Crippen molar-refractivity contribution in [2.45, 2.75) is 51.1 Å². The molecule has 0 saturated carbocycles. The minimum atomic E-state index is -5.04. The molecule has 2 N–H and O–H groups in total. The van der Waals surface area contributed by atoms with Gasteiger partial charge in [0.05, 0.1) is 19.3 Å². The van der Waals surface area contributed by atoms with E-state index in [-0.39, 0.29) is 12.4 Å². The number of halogens is 6. The van der Waals surface area contributed by atoms with Gasteiger partial charge >= 0.3 is 18.4 Å². The van der Waals surface area contributed by atoms with Crippen molar-refractivity contribution < 1.29 is 41.0 Å². The van der Waals surface area contributed by atoms with Crippen molar-refractivity contribution in [2.24, 2.45) is 0 Å². The van der Waals surface area contributed by atoms with E-state index in [1.54, 1.807) is 60.1 Å². The number of carbonyl (C=O) groups is 1. The minimum absolute atomic E-state index is 0.00910. The fourth-order valence-corrected chi connectivity index (χ4v) is 3.97. The van der Waals surface area contributed by atoms with Gasteiger partial charge in [-0.2, -0.15) is 31.3 Å². The third-order valence-electron chi connectivity index (χ3n) is 5.91. The van der Waals surface area contributed by atoms with E-state index in [2.05, 4.69) is 4.98 Å². The summed E-state index contributed by atoms with van der Waals surface area (Å²) in [4.78, 5) is 17.8. The number of aromatic nitrogens is 2. The van der Waals surface area contributed by atoms with E-state index in [0.717, 1.165) is 4.90 Å². The van der Waals surface area contributed by atoms with Crippen LogP contribution in [0.2, 0.25) is 0 Å². The van der Waals surface area contributed by atoms with Gasteiger partial charge < -0.3 is 20.1 Å². The number of urea groups is 1. The maximum absolute atomic E-state index is 13.3. The van der Waals surface area contributed by atoms with Gasteiger partial charge in [0.2, 0.25) is 5.88 Å². The number of aromatic hydroxyl groups is 1. The van der Waals surface area contributed by atoms with Crippen molar-refractivity contribution >= 4 is 11.7 Å². The fraction of sp³-hybridized carbons (Fsp3) is 0.417. The number of amides is 2. The highest BCUT2D eigenvalue weighted by atomic mass is 19.4. The van der Waals surface area contributed by atoms with Crippen LogP contribution in [0.1, 0.15) is 38.3 Å². The number of imidazole rings is 1. The largest absolute Gasteiger partial charge is 0.493 e. The number of hydrogen-bond acceptors (Lipinski definition) is 4. The Labute approximate surface area is 208 Å². The molecule has 0 bridgehead atoms. The Kier molecular flexibility index (Phi) is 8.13. The Bertz CT molecular complexity index is 1240. The minimum Gasteiger partial charge on any atom is -0.493 e. The van der Waals surface area contributed by atoms with Crippen LogP contribution < -0.4 is 10.1 Å². The first kappa shape index (κ1) is 27.9. The predicted octanol–water partition coefficient (Wildman–Crippen LogP) is 6.08. The van der Waals surface area contributed by atoms with Gasteiger partial charge in [-0.3, -0.25) is 4.40 Å². The molecule has 0 aliphatic carbocycles. The van der Waals surface area contributed by atoms with Gasteiger partial charge in [-0.05, 0) is 43.5 Å². The summed E-state index contributed by atoms with van der Waals surface area (Å²) in [6.45, 7) is 3.18. The van der Waals surface area contributed by atoms with Gasteiger partial charge in [-0.1, -0.05) is 18.2 Å². The van der Waals surface area contributed by atoms with Gasteiger partial charge in [0.15, 0.2) is 11.4 Å². The first-order valence-electron chi connectivity index (χ1n) is 11.3. The molecule has 3 aromatic rings. The van der Waals surface area contributed by atoms with Crippen molar-refractivity contribution in [3.63, 3.8) is 0 Å². The zero-order chi connectivity index (χ0) is 27.5. The van der Waals surface area contributed by atoms with E-state index >= 15 is 0 Å². The number of nitrogens with one attached hydrogen (secondary N) is 1. The summed E-state index contributed by atoms with van der Waals surface area (Å²) >= 11 is 0. The maximum atomic E-state index is 13.3. The summed E-state index contributed by atoms with van der Waals surface area (Å²) < 4.78 is 84.5. The van der Waals surface area contributed by atoms with Crippen molar-refractivity contribution in [2.75, 3.05) is 13.7 Å². The molecule has 2 atom stereocenters. The van der Waals surface area contributed by atoms with Crippen LogP contribution in [0.3, 0.4) is 0 Å². The highest BCUT2D eigenvalue weighted by Gasteiger charge is 2.43. The lowest BCUT2D eigenvalue weighted by Crippen LogP contribution is -2.51. The first-order valence-corrected chi connectivity index (χ1v) is 11.3. The number of rotatable bonds is 8. The Morgan fingerprint density at radius 3 is 2.46 bits per heavy atom. The molecule has 1 unspecified atom stereocenters. The highest BCUT2D eigenvalue weighted by Crippen LogP contribution is 2.32. The Hall–Kier alpha value is -3.64. The molecule has 1 aromatic carbocycles. The molecule has 0 aliphatic rings. The molecule has 3 rings (SSSR count). The molecule has 13 heteroatoms. The van der Waals surface area contributed by atoms with Gasteiger partial charge in [0.25, 0.3) is 0 Å². The fourth-order valence-electron chi connectivity index (χ4n) is 3.97. The van der Waals surface area contributed by atoms with Crippen LogP contribution in [0.5, 0.6) is 11.6 Å². The molecule has 202 valence electrons. The molecule has 2 aromatic heterocycles. The molecule has 0 aliphatic heterocycles. The van der Waals surface area contributed by atoms with Crippen LogP contribution in [0.25, 0.3) is 16.8 Å². The smallest absolute Gasteiger partial charge is 0.408 e. The third-order valence-corrected chi connectivity index (χ3v) is 5.91. The monoisotopic (exact) mass is 532 g/mol. The summed E-state index contributed by atoms with van der Waals surface area (Å²) in [6, 6.07) is 4.14.